The van der Waals surface area contributed by atoms with Crippen molar-refractivity contribution < 1.29 is 34.2 Å². The molecule has 3 amide bonds. The number of esters is 1. The predicted molar refractivity (Wildman–Crippen MR) is 150 cm³/mol. The smallest absolute Gasteiger partial charge is 0.333 e. The summed E-state index contributed by atoms with van der Waals surface area (Å²) in [7, 11) is 0. The van der Waals surface area contributed by atoms with E-state index in [9.17, 15) is 28.4 Å². The molecule has 224 valence electrons. The van der Waals surface area contributed by atoms with Crippen molar-refractivity contribution in [2.24, 2.45) is 5.92 Å². The first-order valence-electron chi connectivity index (χ1n) is 14.2. The molecule has 0 saturated carbocycles. The molecule has 5 rings (SSSR count). The van der Waals surface area contributed by atoms with E-state index >= 15 is 0 Å². The lowest BCUT2D eigenvalue weighted by molar-refractivity contribution is -0.135. The Labute approximate surface area is 246 Å². The average Bonchev–Trinajstić information content (AvgIpc) is 3.70. The topological polar surface area (TPSA) is 162 Å². The summed E-state index contributed by atoms with van der Waals surface area (Å²) in [6.45, 7) is 2.06. The molecule has 0 aliphatic carbocycles. The second kappa shape index (κ2) is 12.8. The first-order valence-corrected chi connectivity index (χ1v) is 13.8. The first-order chi connectivity index (χ1) is 21.1. The second-order valence-electron chi connectivity index (χ2n) is 10.4. The fraction of sp³-hybridized carbons (Fsp3) is 0.333. The number of halogens is 1. The number of nitrogens with one attached hydrogen (secondary N) is 3. The summed E-state index contributed by atoms with van der Waals surface area (Å²) in [5, 5.41) is 9.90. The van der Waals surface area contributed by atoms with Crippen molar-refractivity contribution in [3.63, 3.8) is 0 Å². The third kappa shape index (κ3) is 7.05. The van der Waals surface area contributed by atoms with Crippen LogP contribution in [0.25, 0.3) is 0 Å². The highest BCUT2D eigenvalue weighted by Crippen LogP contribution is 2.22. The number of rotatable bonds is 10. The van der Waals surface area contributed by atoms with E-state index in [0.29, 0.717) is 29.7 Å². The molecule has 0 spiro atoms. The summed E-state index contributed by atoms with van der Waals surface area (Å²) in [6, 6.07) is 7.77. The Balaban J connectivity index is 1.46. The Morgan fingerprint density at radius 2 is 2.05 bits per heavy atom. The van der Waals surface area contributed by atoms with Gasteiger partial charge >= 0.3 is 5.97 Å². The molecule has 0 unspecified atom stereocenters. The van der Waals surface area contributed by atoms with Crippen molar-refractivity contribution in [1.82, 2.24) is 20.4 Å². The van der Waals surface area contributed by atoms with Gasteiger partial charge in [0, 0.05) is 49.2 Å². The van der Waals surface area contributed by atoms with E-state index in [1.54, 1.807) is 13.0 Å². The number of aromatic nitrogens is 2. The Morgan fingerprint density at radius 3 is 2.70 bits per heavy atom. The van der Waals surface area contributed by atoms with Crippen LogP contribution < -0.4 is 21.5 Å². The molecule has 0 bridgehead atoms. The monoisotopic (exact) mass is 592 g/mol. The lowest BCUT2D eigenvalue weighted by Crippen LogP contribution is -2.44. The molecular formula is C30H30FN5O7. The maximum absolute atomic E-state index is 14.0. The highest BCUT2D eigenvalue weighted by Gasteiger charge is 2.31. The van der Waals surface area contributed by atoms with Crippen LogP contribution in [0.4, 0.5) is 10.1 Å². The number of hydrogen-bond acceptors (Lipinski definition) is 8. The quantitative estimate of drug-likeness (QED) is 0.239. The van der Waals surface area contributed by atoms with Gasteiger partial charge in [-0.05, 0) is 49.6 Å². The first kappa shape index (κ1) is 28.1. The number of amides is 3. The maximum atomic E-state index is 14.0. The summed E-state index contributed by atoms with van der Waals surface area (Å²) in [5.74, 6) is -2.83. The molecule has 2 aromatic heterocycles. The van der Waals surface area contributed by atoms with E-state index in [2.05, 4.69) is 15.8 Å². The number of carbonyl (C=O) groups is 4. The number of benzene rings is 1. The zero-order valence-electron chi connectivity index (χ0n) is 24.2. The third-order valence-corrected chi connectivity index (χ3v) is 7.29. The summed E-state index contributed by atoms with van der Waals surface area (Å²) < 4.78 is 32.6. The minimum Gasteiger partial charge on any atom is -0.462 e. The van der Waals surface area contributed by atoms with Gasteiger partial charge in [-0.15, -0.1) is 0 Å². The van der Waals surface area contributed by atoms with Crippen LogP contribution in [-0.2, 0) is 25.5 Å². The lowest BCUT2D eigenvalue weighted by Gasteiger charge is -2.24. The van der Waals surface area contributed by atoms with Gasteiger partial charge in [0.15, 0.2) is 7.11 Å². The number of ether oxygens (including phenoxy) is 1. The third-order valence-electron chi connectivity index (χ3n) is 7.29. The fourth-order valence-electron chi connectivity index (χ4n) is 5.07. The van der Waals surface area contributed by atoms with Crippen LogP contribution in [0.3, 0.4) is 0 Å². The zero-order valence-corrected chi connectivity index (χ0v) is 23.2. The number of aryl methyl sites for hydroxylation is 1. The molecule has 0 radical (unpaired) electrons. The molecule has 1 aromatic carbocycles. The minimum absolute atomic E-state index is 0.0277. The molecule has 2 fully saturated rings. The minimum atomic E-state index is -1.18. The van der Waals surface area contributed by atoms with Gasteiger partial charge in [-0.1, -0.05) is 23.4 Å². The SMILES string of the molecule is [2H]N1CC[C@@H](C[C@@H](C=C2CCOC2=O)NC(=O)[C@H](Cc2ccc(F)cc2)n2cccc(NC(=O)c3cc(C)on3)c2=O)C1=O. The Kier molecular flexibility index (Phi) is 8.38. The molecule has 3 atom stereocenters. The van der Waals surface area contributed by atoms with E-state index in [0.717, 1.165) is 9.88 Å². The lowest BCUT2D eigenvalue weighted by atomic mass is 9.95. The maximum Gasteiger partial charge on any atom is 0.333 e. The molecule has 2 aliphatic rings. The molecule has 2 saturated heterocycles. The van der Waals surface area contributed by atoms with Gasteiger partial charge in [-0.2, -0.15) is 0 Å². The predicted octanol–water partition coefficient (Wildman–Crippen LogP) is 2.20. The highest BCUT2D eigenvalue weighted by atomic mass is 19.1. The summed E-state index contributed by atoms with van der Waals surface area (Å²) >= 11 is 0. The van der Waals surface area contributed by atoms with Gasteiger partial charge in [-0.3, -0.25) is 19.2 Å². The molecule has 12 nitrogen and oxygen atoms in total. The number of hydrogen-bond donors (Lipinski definition) is 3. The van der Waals surface area contributed by atoms with Crippen LogP contribution >= 0.6 is 0 Å². The normalized spacial score (nSPS) is 19.2. The number of nitrogens with zero attached hydrogens (tertiary/aromatic N) is 2. The molecule has 2 aliphatic heterocycles. The van der Waals surface area contributed by atoms with E-state index < -0.39 is 47.2 Å². The summed E-state index contributed by atoms with van der Waals surface area (Å²) in [5.41, 5.74) is 0.0643. The number of cyclic esters (lactones) is 1. The van der Waals surface area contributed by atoms with Crippen molar-refractivity contribution in [2.75, 3.05) is 18.5 Å². The van der Waals surface area contributed by atoms with Gasteiger partial charge in [0.25, 0.3) is 11.5 Å². The molecule has 3 aromatic rings. The number of anilines is 1. The van der Waals surface area contributed by atoms with Gasteiger partial charge in [0.05, 0.1) is 6.61 Å². The van der Waals surface area contributed by atoms with E-state index in [1.165, 1.54) is 48.7 Å². The molecule has 4 heterocycles. The van der Waals surface area contributed by atoms with Gasteiger partial charge < -0.3 is 29.8 Å². The Hall–Kier alpha value is -5.07. The van der Waals surface area contributed by atoms with Crippen LogP contribution in [0.15, 0.2) is 69.6 Å². The largest absolute Gasteiger partial charge is 0.462 e. The summed E-state index contributed by atoms with van der Waals surface area (Å²) in [4.78, 5) is 65.0. The summed E-state index contributed by atoms with van der Waals surface area (Å²) in [6.07, 6.45) is 3.79. The second-order valence-corrected chi connectivity index (χ2v) is 10.4. The van der Waals surface area contributed by atoms with Crippen molar-refractivity contribution in [1.29, 1.82) is 0 Å². The van der Waals surface area contributed by atoms with Gasteiger partial charge in [0.2, 0.25) is 11.8 Å². The van der Waals surface area contributed by atoms with Crippen LogP contribution in [0, 0.1) is 18.7 Å². The molecule has 13 heteroatoms. The number of pyridine rings is 1. The Morgan fingerprint density at radius 1 is 1.26 bits per heavy atom. The molecule has 3 N–H and O–H groups in total. The van der Waals surface area contributed by atoms with Crippen molar-refractivity contribution >= 4 is 29.4 Å². The van der Waals surface area contributed by atoms with Gasteiger partial charge in [0.1, 0.15) is 23.3 Å². The fourth-order valence-corrected chi connectivity index (χ4v) is 5.07. The van der Waals surface area contributed by atoms with E-state index in [1.807, 2.05) is 0 Å². The van der Waals surface area contributed by atoms with Crippen LogP contribution in [0.5, 0.6) is 0 Å². The average molecular weight is 593 g/mol. The van der Waals surface area contributed by atoms with Crippen LogP contribution in [0.1, 0.15) is 47.1 Å². The van der Waals surface area contributed by atoms with Crippen molar-refractivity contribution in [2.45, 2.75) is 44.7 Å². The van der Waals surface area contributed by atoms with Crippen molar-refractivity contribution in [3.05, 3.63) is 93.5 Å². The van der Waals surface area contributed by atoms with Crippen LogP contribution in [-0.4, -0.2) is 52.6 Å². The van der Waals surface area contributed by atoms with E-state index in [-0.39, 0.29) is 43.3 Å². The van der Waals surface area contributed by atoms with Crippen LogP contribution in [0.2, 0.25) is 1.41 Å². The van der Waals surface area contributed by atoms with E-state index in [4.69, 9.17) is 10.7 Å². The molecular weight excluding hydrogens is 561 g/mol. The Bertz CT molecular complexity index is 1670. The van der Waals surface area contributed by atoms with Gasteiger partial charge in [-0.25, -0.2) is 9.18 Å². The number of carbonyl (C=O) groups excluding carboxylic acids is 4. The molecule has 43 heavy (non-hydrogen) atoms. The highest BCUT2D eigenvalue weighted by molar-refractivity contribution is 6.02. The zero-order chi connectivity index (χ0) is 31.4. The standard InChI is InChI=1S/C30H30FN5O7/c1-17-13-24(35-43-17)27(38)34-23-3-2-11-36(29(23)40)25(14-18-4-6-21(31)7-5-18)28(39)33-22(15-19-8-10-32-26(19)37)16-20-9-12-42-30(20)41/h2-7,11,13,16,19,22,25H,8-10,12,14-15H2,1H3,(H,32,37)(H,33,39)(H,34,38)/t19-,22-,25-/m0/s1/i/hD. The van der Waals surface area contributed by atoms with Crippen molar-refractivity contribution in [3.8, 4) is 0 Å².